The Morgan fingerprint density at radius 3 is 2.62 bits per heavy atom. The number of carbonyl (C=O) groups is 1. The maximum Gasteiger partial charge on any atom is 0.230 e. The summed E-state index contributed by atoms with van der Waals surface area (Å²) in [6, 6.07) is 14.9. The number of para-hydroxylation sites is 1. The Kier molecular flexibility index (Phi) is 7.76. The summed E-state index contributed by atoms with van der Waals surface area (Å²) in [7, 11) is 0. The van der Waals surface area contributed by atoms with E-state index in [9.17, 15) is 4.79 Å². The van der Waals surface area contributed by atoms with E-state index in [0.29, 0.717) is 22.4 Å². The van der Waals surface area contributed by atoms with Crippen LogP contribution in [0.1, 0.15) is 18.5 Å². The van der Waals surface area contributed by atoms with E-state index in [1.807, 2.05) is 43.3 Å². The van der Waals surface area contributed by atoms with Crippen molar-refractivity contribution in [2.45, 2.75) is 13.0 Å². The van der Waals surface area contributed by atoms with Crippen molar-refractivity contribution in [2.75, 3.05) is 18.1 Å². The zero-order chi connectivity index (χ0) is 17.4. The number of thioether (sulfide) groups is 1. The highest BCUT2D eigenvalue weighted by molar-refractivity contribution is 7.99. The predicted octanol–water partition coefficient (Wildman–Crippen LogP) is 4.98. The summed E-state index contributed by atoms with van der Waals surface area (Å²) in [5.41, 5.74) is 0.926. The SMILES string of the molecule is C[C@@H](NC(=O)CSCCOc1ccccc1)c1ccc(Cl)c(Cl)c1. The average molecular weight is 384 g/mol. The first-order valence-electron chi connectivity index (χ1n) is 7.56. The van der Waals surface area contributed by atoms with Gasteiger partial charge < -0.3 is 10.1 Å². The van der Waals surface area contributed by atoms with Gasteiger partial charge in [-0.05, 0) is 36.8 Å². The predicted molar refractivity (Wildman–Crippen MR) is 102 cm³/mol. The number of hydrogen-bond acceptors (Lipinski definition) is 3. The number of nitrogens with one attached hydrogen (secondary N) is 1. The van der Waals surface area contributed by atoms with Crippen LogP contribution >= 0.6 is 35.0 Å². The number of hydrogen-bond donors (Lipinski definition) is 1. The third kappa shape index (κ3) is 6.27. The van der Waals surface area contributed by atoms with Crippen molar-refractivity contribution in [3.63, 3.8) is 0 Å². The molecule has 0 radical (unpaired) electrons. The van der Waals surface area contributed by atoms with Crippen LogP contribution in [0.2, 0.25) is 10.0 Å². The van der Waals surface area contributed by atoms with Crippen molar-refractivity contribution in [1.29, 1.82) is 0 Å². The molecule has 128 valence electrons. The standard InChI is InChI=1S/C18H19Cl2NO2S/c1-13(14-7-8-16(19)17(20)11-14)21-18(22)12-24-10-9-23-15-5-3-2-4-6-15/h2-8,11,13H,9-10,12H2,1H3,(H,21,22)/t13-/m1/s1. The van der Waals surface area contributed by atoms with Gasteiger partial charge in [0.25, 0.3) is 0 Å². The molecule has 0 aromatic heterocycles. The molecular weight excluding hydrogens is 365 g/mol. The van der Waals surface area contributed by atoms with E-state index in [1.54, 1.807) is 12.1 Å². The third-order valence-electron chi connectivity index (χ3n) is 3.29. The molecule has 6 heteroatoms. The Morgan fingerprint density at radius 2 is 1.92 bits per heavy atom. The van der Waals surface area contributed by atoms with Crippen LogP contribution in [0.5, 0.6) is 5.75 Å². The maximum absolute atomic E-state index is 12.0. The van der Waals surface area contributed by atoms with Crippen LogP contribution in [-0.2, 0) is 4.79 Å². The Balaban J connectivity index is 1.66. The molecule has 1 amide bonds. The molecule has 0 aliphatic carbocycles. The van der Waals surface area contributed by atoms with Gasteiger partial charge in [-0.2, -0.15) is 0 Å². The van der Waals surface area contributed by atoms with Gasteiger partial charge in [0.1, 0.15) is 5.75 Å². The molecule has 0 saturated heterocycles. The Morgan fingerprint density at radius 1 is 1.17 bits per heavy atom. The molecule has 0 aliphatic rings. The summed E-state index contributed by atoms with van der Waals surface area (Å²) in [5.74, 6) is 1.97. The first kappa shape index (κ1) is 19.0. The molecule has 0 aliphatic heterocycles. The molecule has 0 saturated carbocycles. The van der Waals surface area contributed by atoms with Crippen LogP contribution in [0.15, 0.2) is 48.5 Å². The molecule has 2 rings (SSSR count). The van der Waals surface area contributed by atoms with Gasteiger partial charge in [0.05, 0.1) is 28.4 Å². The second-order valence-electron chi connectivity index (χ2n) is 5.18. The van der Waals surface area contributed by atoms with E-state index in [4.69, 9.17) is 27.9 Å². The first-order chi connectivity index (χ1) is 11.6. The fraction of sp³-hybridized carbons (Fsp3) is 0.278. The van der Waals surface area contributed by atoms with Crippen molar-refractivity contribution < 1.29 is 9.53 Å². The molecule has 0 bridgehead atoms. The third-order valence-corrected chi connectivity index (χ3v) is 4.95. The monoisotopic (exact) mass is 383 g/mol. The molecule has 0 fully saturated rings. The van der Waals surface area contributed by atoms with E-state index in [2.05, 4.69) is 5.32 Å². The normalized spacial score (nSPS) is 11.8. The smallest absolute Gasteiger partial charge is 0.230 e. The summed E-state index contributed by atoms with van der Waals surface area (Å²) >= 11 is 13.4. The van der Waals surface area contributed by atoms with Crippen molar-refractivity contribution in [2.24, 2.45) is 0 Å². The lowest BCUT2D eigenvalue weighted by molar-refractivity contribution is -0.119. The van der Waals surface area contributed by atoms with Crippen LogP contribution < -0.4 is 10.1 Å². The van der Waals surface area contributed by atoms with Crippen LogP contribution in [0.3, 0.4) is 0 Å². The zero-order valence-corrected chi connectivity index (χ0v) is 15.6. The largest absolute Gasteiger partial charge is 0.493 e. The van der Waals surface area contributed by atoms with Crippen molar-refractivity contribution >= 4 is 40.9 Å². The topological polar surface area (TPSA) is 38.3 Å². The zero-order valence-electron chi connectivity index (χ0n) is 13.3. The Labute approximate surface area is 156 Å². The highest BCUT2D eigenvalue weighted by Crippen LogP contribution is 2.25. The van der Waals surface area contributed by atoms with E-state index in [-0.39, 0.29) is 11.9 Å². The molecule has 24 heavy (non-hydrogen) atoms. The van der Waals surface area contributed by atoms with E-state index >= 15 is 0 Å². The highest BCUT2D eigenvalue weighted by Gasteiger charge is 2.11. The van der Waals surface area contributed by atoms with Crippen LogP contribution in [0, 0.1) is 0 Å². The lowest BCUT2D eigenvalue weighted by Crippen LogP contribution is -2.28. The van der Waals surface area contributed by atoms with Crippen LogP contribution in [-0.4, -0.2) is 24.0 Å². The van der Waals surface area contributed by atoms with E-state index in [1.165, 1.54) is 11.8 Å². The molecule has 1 atom stereocenters. The molecule has 2 aromatic carbocycles. The van der Waals surface area contributed by atoms with Crippen molar-refractivity contribution in [3.05, 3.63) is 64.1 Å². The van der Waals surface area contributed by atoms with Gasteiger partial charge in [-0.25, -0.2) is 0 Å². The van der Waals surface area contributed by atoms with E-state index in [0.717, 1.165) is 17.1 Å². The first-order valence-corrected chi connectivity index (χ1v) is 9.47. The van der Waals surface area contributed by atoms with Crippen LogP contribution in [0.25, 0.3) is 0 Å². The molecule has 0 unspecified atom stereocenters. The van der Waals surface area contributed by atoms with Gasteiger partial charge in [0, 0.05) is 5.75 Å². The van der Waals surface area contributed by atoms with Gasteiger partial charge >= 0.3 is 0 Å². The number of carbonyl (C=O) groups excluding carboxylic acids is 1. The molecular formula is C18H19Cl2NO2S. The Bertz CT molecular complexity index is 667. The lowest BCUT2D eigenvalue weighted by Gasteiger charge is -2.15. The van der Waals surface area contributed by atoms with Crippen molar-refractivity contribution in [3.8, 4) is 5.75 Å². The molecule has 3 nitrogen and oxygen atoms in total. The second kappa shape index (κ2) is 9.82. The fourth-order valence-electron chi connectivity index (χ4n) is 2.05. The number of benzene rings is 2. The molecule has 1 N–H and O–H groups in total. The number of rotatable bonds is 8. The summed E-state index contributed by atoms with van der Waals surface area (Å²) < 4.78 is 5.58. The fourth-order valence-corrected chi connectivity index (χ4v) is 2.97. The highest BCUT2D eigenvalue weighted by atomic mass is 35.5. The Hall–Kier alpha value is -1.36. The van der Waals surface area contributed by atoms with Gasteiger partial charge in [-0.3, -0.25) is 4.79 Å². The number of ether oxygens (including phenoxy) is 1. The molecule has 2 aromatic rings. The van der Waals surface area contributed by atoms with Gasteiger partial charge in [-0.1, -0.05) is 47.5 Å². The summed E-state index contributed by atoms with van der Waals surface area (Å²) in [5, 5.41) is 3.95. The van der Waals surface area contributed by atoms with E-state index < -0.39 is 0 Å². The van der Waals surface area contributed by atoms with Crippen molar-refractivity contribution in [1.82, 2.24) is 5.32 Å². The summed E-state index contributed by atoms with van der Waals surface area (Å²) in [6.45, 7) is 2.49. The van der Waals surface area contributed by atoms with Crippen LogP contribution in [0.4, 0.5) is 0 Å². The number of halogens is 2. The average Bonchev–Trinajstić information content (AvgIpc) is 2.58. The minimum absolute atomic E-state index is 0.0155. The quantitative estimate of drug-likeness (QED) is 0.652. The second-order valence-corrected chi connectivity index (χ2v) is 7.10. The molecule has 0 heterocycles. The minimum atomic E-state index is -0.117. The summed E-state index contributed by atoms with van der Waals surface area (Å²) in [6.07, 6.45) is 0. The number of amides is 1. The lowest BCUT2D eigenvalue weighted by atomic mass is 10.1. The molecule has 0 spiro atoms. The van der Waals surface area contributed by atoms with Gasteiger partial charge in [0.15, 0.2) is 0 Å². The maximum atomic E-state index is 12.0. The summed E-state index contributed by atoms with van der Waals surface area (Å²) in [4.78, 5) is 12.0. The van der Waals surface area contributed by atoms with Gasteiger partial charge in [0.2, 0.25) is 5.91 Å². The minimum Gasteiger partial charge on any atom is -0.493 e. The van der Waals surface area contributed by atoms with Gasteiger partial charge in [-0.15, -0.1) is 11.8 Å².